The molecule has 18 heteroatoms. The number of hydrogen-bond donors (Lipinski definition) is 2. The average molecular weight is 769 g/mol. The number of alkyl halides is 3. The smallest absolute Gasteiger partial charge is 0.403 e. The van der Waals surface area contributed by atoms with Crippen LogP contribution < -0.4 is 24.6 Å². The first-order valence-electron chi connectivity index (χ1n) is 17.0. The summed E-state index contributed by atoms with van der Waals surface area (Å²) in [6.45, 7) is 9.39. The highest BCUT2D eigenvalue weighted by molar-refractivity contribution is 7.92. The predicted octanol–water partition coefficient (Wildman–Crippen LogP) is 6.28. The van der Waals surface area contributed by atoms with Crippen LogP contribution in [0.1, 0.15) is 18.4 Å². The highest BCUT2D eigenvalue weighted by Gasteiger charge is 2.34. The van der Waals surface area contributed by atoms with Crippen LogP contribution in [0.2, 0.25) is 0 Å². The molecule has 0 bridgehead atoms. The first kappa shape index (κ1) is 36.6. The number of hydrogen-bond acceptors (Lipinski definition) is 13. The molecule has 0 saturated carbocycles. The molecular weight excluding hydrogens is 730 g/mol. The molecule has 2 N–H and O–H groups in total. The van der Waals surface area contributed by atoms with Crippen molar-refractivity contribution < 1.29 is 26.3 Å². The standard InChI is InChI=1S/C35H39F3N10O3S2/c1-5-22-20-27(29(51-35(36,37)38)21-28(22)48-13-8-23(9-14-48)47-17-15-45(2)16-18-47)43-34-42-26-10-19-52-32(26)33(44-34)41-25-7-6-24-30(40-12-11-39-24)31(25)46(3)53(4,49)50/h5-7,10-12,19-21,23H,1,8-9,13-18H2,2-4H3,(H2,41,42,43,44). The van der Waals surface area contributed by atoms with Crippen LogP contribution in [0, 0.1) is 0 Å². The Kier molecular flexibility index (Phi) is 10.1. The highest BCUT2D eigenvalue weighted by Crippen LogP contribution is 2.41. The topological polar surface area (TPSA) is 132 Å². The molecule has 0 spiro atoms. The normalized spacial score (nSPS) is 16.6. The van der Waals surface area contributed by atoms with E-state index in [0.29, 0.717) is 63.1 Å². The zero-order valence-electron chi connectivity index (χ0n) is 29.4. The van der Waals surface area contributed by atoms with Crippen molar-refractivity contribution >= 4 is 83.2 Å². The molecule has 53 heavy (non-hydrogen) atoms. The van der Waals surface area contributed by atoms with Crippen molar-refractivity contribution in [2.75, 3.05) is 79.5 Å². The van der Waals surface area contributed by atoms with E-state index < -0.39 is 22.1 Å². The first-order chi connectivity index (χ1) is 25.3. The molecule has 0 unspecified atom stereocenters. The number of thiophene rings is 1. The van der Waals surface area contributed by atoms with Crippen molar-refractivity contribution in [1.29, 1.82) is 0 Å². The monoisotopic (exact) mass is 768 g/mol. The van der Waals surface area contributed by atoms with E-state index in [-0.39, 0.29) is 17.3 Å². The van der Waals surface area contributed by atoms with Crippen molar-refractivity contribution in [2.24, 2.45) is 0 Å². The fraction of sp³-hybridized carbons (Fsp3) is 0.371. The minimum atomic E-state index is -4.97. The highest BCUT2D eigenvalue weighted by atomic mass is 32.2. The van der Waals surface area contributed by atoms with Crippen molar-refractivity contribution in [3.05, 3.63) is 60.2 Å². The van der Waals surface area contributed by atoms with Crippen molar-refractivity contribution in [1.82, 2.24) is 29.7 Å². The summed E-state index contributed by atoms with van der Waals surface area (Å²) in [5, 5.41) is 8.01. The van der Waals surface area contributed by atoms with Gasteiger partial charge in [0, 0.05) is 76.5 Å². The third-order valence-corrected chi connectivity index (χ3v) is 11.8. The van der Waals surface area contributed by atoms with E-state index in [1.54, 1.807) is 35.7 Å². The van der Waals surface area contributed by atoms with Gasteiger partial charge in [0.2, 0.25) is 16.0 Å². The summed E-state index contributed by atoms with van der Waals surface area (Å²) in [4.78, 5) is 24.9. The molecule has 280 valence electrons. The summed E-state index contributed by atoms with van der Waals surface area (Å²) < 4.78 is 73.4. The second-order valence-corrected chi connectivity index (χ2v) is 16.0. The van der Waals surface area contributed by atoms with Gasteiger partial charge in [0.15, 0.2) is 11.6 Å². The Morgan fingerprint density at radius 3 is 2.42 bits per heavy atom. The van der Waals surface area contributed by atoms with Crippen LogP contribution in [0.5, 0.6) is 5.75 Å². The van der Waals surface area contributed by atoms with Gasteiger partial charge in [-0.15, -0.1) is 24.5 Å². The largest absolute Gasteiger partial charge is 0.573 e. The molecule has 2 aliphatic rings. The zero-order valence-corrected chi connectivity index (χ0v) is 31.0. The van der Waals surface area contributed by atoms with E-state index in [9.17, 15) is 21.6 Å². The lowest BCUT2D eigenvalue weighted by atomic mass is 10.00. The molecule has 0 aliphatic carbocycles. The second-order valence-electron chi connectivity index (χ2n) is 13.1. The van der Waals surface area contributed by atoms with E-state index >= 15 is 0 Å². The first-order valence-corrected chi connectivity index (χ1v) is 19.7. The van der Waals surface area contributed by atoms with Gasteiger partial charge in [-0.2, -0.15) is 4.98 Å². The molecule has 2 saturated heterocycles. The fourth-order valence-electron chi connectivity index (χ4n) is 6.85. The maximum atomic E-state index is 13.9. The maximum absolute atomic E-state index is 13.9. The van der Waals surface area contributed by atoms with E-state index in [0.717, 1.165) is 49.6 Å². The van der Waals surface area contributed by atoms with Gasteiger partial charge >= 0.3 is 6.36 Å². The molecule has 2 fully saturated rings. The van der Waals surface area contributed by atoms with Gasteiger partial charge in [0.25, 0.3) is 0 Å². The van der Waals surface area contributed by atoms with Crippen LogP contribution in [0.4, 0.5) is 47.7 Å². The third-order valence-electron chi connectivity index (χ3n) is 9.66. The van der Waals surface area contributed by atoms with Crippen LogP contribution in [0.3, 0.4) is 0 Å². The summed E-state index contributed by atoms with van der Waals surface area (Å²) in [7, 11) is -0.192. The maximum Gasteiger partial charge on any atom is 0.573 e. The lowest BCUT2D eigenvalue weighted by molar-refractivity contribution is -0.274. The molecule has 5 aromatic rings. The van der Waals surface area contributed by atoms with E-state index in [1.165, 1.54) is 36.8 Å². The number of likely N-dealkylation sites (N-methyl/N-ethyl adjacent to an activating group) is 1. The Morgan fingerprint density at radius 1 is 0.981 bits per heavy atom. The third kappa shape index (κ3) is 7.95. The molecule has 3 aromatic heterocycles. The van der Waals surface area contributed by atoms with Crippen LogP contribution in [0.25, 0.3) is 27.3 Å². The number of nitrogens with one attached hydrogen (secondary N) is 2. The Bertz CT molecular complexity index is 2250. The summed E-state index contributed by atoms with van der Waals surface area (Å²) in [5.41, 5.74) is 3.16. The van der Waals surface area contributed by atoms with Gasteiger partial charge in [-0.3, -0.25) is 19.2 Å². The van der Waals surface area contributed by atoms with Gasteiger partial charge < -0.3 is 25.2 Å². The Balaban J connectivity index is 1.22. The van der Waals surface area contributed by atoms with Crippen molar-refractivity contribution in [2.45, 2.75) is 25.2 Å². The van der Waals surface area contributed by atoms with Crippen LogP contribution in [-0.4, -0.2) is 110 Å². The summed E-state index contributed by atoms with van der Waals surface area (Å²) >= 11 is 1.34. The number of sulfonamides is 1. The van der Waals surface area contributed by atoms with E-state index in [1.807, 2.05) is 0 Å². The Hall–Kier alpha value is -4.78. The van der Waals surface area contributed by atoms with Gasteiger partial charge in [0.1, 0.15) is 11.2 Å². The predicted molar refractivity (Wildman–Crippen MR) is 204 cm³/mol. The van der Waals surface area contributed by atoms with Crippen LogP contribution in [-0.2, 0) is 10.0 Å². The summed E-state index contributed by atoms with van der Waals surface area (Å²) in [6, 6.07) is 8.51. The SMILES string of the molecule is C=Cc1cc(Nc2nc(Nc3ccc4nccnc4c3N(C)S(C)(=O)=O)c3sccc3n2)c(OC(F)(F)F)cc1N1CCC(N2CCN(C)CC2)CC1. The number of piperazine rings is 1. The van der Waals surface area contributed by atoms with Gasteiger partial charge in [0.05, 0.1) is 33.4 Å². The fourth-order valence-corrected chi connectivity index (χ4v) is 8.14. The zero-order chi connectivity index (χ0) is 37.5. The lowest BCUT2D eigenvalue weighted by Gasteiger charge is -2.43. The number of anilines is 6. The number of nitrogens with zero attached hydrogens (tertiary/aromatic N) is 8. The van der Waals surface area contributed by atoms with Crippen LogP contribution >= 0.6 is 11.3 Å². The summed E-state index contributed by atoms with van der Waals surface area (Å²) in [5.74, 6) is -0.159. The number of aromatic nitrogens is 4. The minimum Gasteiger partial charge on any atom is -0.403 e. The Labute approximate surface area is 309 Å². The quantitative estimate of drug-likeness (QED) is 0.166. The molecule has 0 radical (unpaired) electrons. The van der Waals surface area contributed by atoms with Crippen molar-refractivity contribution in [3.8, 4) is 5.75 Å². The van der Waals surface area contributed by atoms with Gasteiger partial charge in [-0.05, 0) is 55.1 Å². The number of fused-ring (bicyclic) bond motifs is 2. The number of ether oxygens (including phenoxy) is 1. The van der Waals surface area contributed by atoms with Crippen LogP contribution in [0.15, 0.2) is 54.7 Å². The second kappa shape index (κ2) is 14.6. The molecule has 5 heterocycles. The lowest BCUT2D eigenvalue weighted by Crippen LogP contribution is -2.52. The number of rotatable bonds is 10. The van der Waals surface area contributed by atoms with Gasteiger partial charge in [-0.25, -0.2) is 13.4 Å². The number of piperidine rings is 1. The summed E-state index contributed by atoms with van der Waals surface area (Å²) in [6.07, 6.45) is 2.49. The number of benzene rings is 2. The van der Waals surface area contributed by atoms with E-state index in [2.05, 4.69) is 63.6 Å². The molecule has 0 atom stereocenters. The Morgan fingerprint density at radius 2 is 1.72 bits per heavy atom. The molecule has 0 amide bonds. The minimum absolute atomic E-state index is 0.00712. The number of halogens is 3. The average Bonchev–Trinajstić information content (AvgIpc) is 3.60. The molecule has 2 aliphatic heterocycles. The van der Waals surface area contributed by atoms with E-state index in [4.69, 9.17) is 0 Å². The molecular formula is C35H39F3N10O3S2. The molecule has 13 nitrogen and oxygen atoms in total. The molecule has 7 rings (SSSR count). The molecule has 2 aromatic carbocycles. The van der Waals surface area contributed by atoms with Gasteiger partial charge in [-0.1, -0.05) is 12.7 Å². The van der Waals surface area contributed by atoms with Crippen molar-refractivity contribution in [3.63, 3.8) is 0 Å².